The van der Waals surface area contributed by atoms with Gasteiger partial charge in [0.1, 0.15) is 0 Å². The molecular formula is C27H23N3O5. The summed E-state index contributed by atoms with van der Waals surface area (Å²) in [7, 11) is 0. The molecule has 0 radical (unpaired) electrons. The molecular weight excluding hydrogens is 446 g/mol. The molecule has 0 bridgehead atoms. The first-order chi connectivity index (χ1) is 17.0. The summed E-state index contributed by atoms with van der Waals surface area (Å²) in [5.41, 5.74) is 5.40. The van der Waals surface area contributed by atoms with Gasteiger partial charge >= 0.3 is 0 Å². The van der Waals surface area contributed by atoms with E-state index in [1.54, 1.807) is 6.07 Å². The minimum Gasteiger partial charge on any atom is -0.454 e. The molecule has 35 heavy (non-hydrogen) atoms. The van der Waals surface area contributed by atoms with Crippen LogP contribution in [-0.2, 0) is 4.79 Å². The second-order valence-electron chi connectivity index (χ2n) is 9.10. The number of allylic oxidation sites excluding steroid dienone is 1. The average molecular weight is 469 g/mol. The van der Waals surface area contributed by atoms with Crippen molar-refractivity contribution < 1.29 is 19.2 Å². The second-order valence-corrected chi connectivity index (χ2v) is 9.10. The molecule has 2 aliphatic heterocycles. The molecule has 0 saturated heterocycles. The van der Waals surface area contributed by atoms with Crippen molar-refractivity contribution in [3.63, 3.8) is 0 Å². The van der Waals surface area contributed by atoms with Gasteiger partial charge in [0.2, 0.25) is 6.79 Å². The van der Waals surface area contributed by atoms with Gasteiger partial charge in [-0.2, -0.15) is 0 Å². The summed E-state index contributed by atoms with van der Waals surface area (Å²) in [6.45, 7) is 2.04. The zero-order valence-electron chi connectivity index (χ0n) is 19.0. The van der Waals surface area contributed by atoms with Gasteiger partial charge in [-0.15, -0.1) is 0 Å². The Kier molecular flexibility index (Phi) is 4.95. The monoisotopic (exact) mass is 469 g/mol. The SMILES string of the molecule is Cc1ccc(C2CC(=O)C3=C(C2)Nc2ccccc2NC3c2cc3c(cc2[N+](=O)[O-])OCO3)cc1. The van der Waals surface area contributed by atoms with Crippen LogP contribution in [-0.4, -0.2) is 17.5 Å². The smallest absolute Gasteiger partial charge is 0.279 e. The van der Waals surface area contributed by atoms with Crippen LogP contribution < -0.4 is 20.1 Å². The normalized spacial score (nSPS) is 20.3. The standard InChI is InChI=1S/C27H23N3O5/c1-15-6-8-16(9-7-15)17-10-21-26(23(31)11-17)27(29-20-5-3-2-4-19(20)28-21)18-12-24-25(35-14-34-24)13-22(18)30(32)33/h2-9,12-13,17,27-29H,10-11,14H2,1H3. The number of carbonyl (C=O) groups is 1. The van der Waals surface area contributed by atoms with Gasteiger partial charge in [0.15, 0.2) is 17.3 Å². The Bertz CT molecular complexity index is 1400. The van der Waals surface area contributed by atoms with Crippen LogP contribution in [0.2, 0.25) is 0 Å². The number of nitrogens with one attached hydrogen (secondary N) is 2. The minimum absolute atomic E-state index is 0.00350. The first-order valence-electron chi connectivity index (χ1n) is 11.5. The van der Waals surface area contributed by atoms with E-state index in [4.69, 9.17) is 9.47 Å². The lowest BCUT2D eigenvalue weighted by molar-refractivity contribution is -0.385. The first-order valence-corrected chi connectivity index (χ1v) is 11.5. The fraction of sp³-hybridized carbons (Fsp3) is 0.222. The Morgan fingerprint density at radius 3 is 2.43 bits per heavy atom. The zero-order chi connectivity index (χ0) is 24.1. The van der Waals surface area contributed by atoms with Crippen LogP contribution in [0.25, 0.3) is 0 Å². The number of ether oxygens (including phenoxy) is 2. The number of Topliss-reactive ketones (excluding diaryl/α,β-unsaturated/α-hetero) is 1. The number of hydrogen-bond acceptors (Lipinski definition) is 7. The highest BCUT2D eigenvalue weighted by Gasteiger charge is 2.39. The van der Waals surface area contributed by atoms with E-state index >= 15 is 0 Å². The number of para-hydroxylation sites is 2. The first kappa shape index (κ1) is 21.2. The molecule has 0 amide bonds. The molecule has 3 aromatic carbocycles. The lowest BCUT2D eigenvalue weighted by atomic mass is 9.78. The van der Waals surface area contributed by atoms with E-state index < -0.39 is 11.0 Å². The van der Waals surface area contributed by atoms with E-state index in [1.165, 1.54) is 6.07 Å². The highest BCUT2D eigenvalue weighted by Crippen LogP contribution is 2.48. The van der Waals surface area contributed by atoms with Crippen LogP contribution in [0.1, 0.15) is 41.5 Å². The van der Waals surface area contributed by atoms with Gasteiger partial charge in [-0.05, 0) is 43.0 Å². The molecule has 176 valence electrons. The molecule has 0 saturated carbocycles. The van der Waals surface area contributed by atoms with Crippen molar-refractivity contribution in [2.75, 3.05) is 17.4 Å². The topological polar surface area (TPSA) is 103 Å². The van der Waals surface area contributed by atoms with Gasteiger partial charge in [0.05, 0.1) is 34.0 Å². The zero-order valence-corrected chi connectivity index (χ0v) is 19.0. The van der Waals surface area contributed by atoms with Crippen LogP contribution in [0.15, 0.2) is 71.9 Å². The number of hydrogen-bond donors (Lipinski definition) is 2. The van der Waals surface area contributed by atoms with Crippen LogP contribution in [0.4, 0.5) is 17.1 Å². The van der Waals surface area contributed by atoms with Gasteiger partial charge in [0, 0.05) is 17.7 Å². The molecule has 8 heteroatoms. The van der Waals surface area contributed by atoms with Gasteiger partial charge in [-0.1, -0.05) is 42.0 Å². The van der Waals surface area contributed by atoms with Crippen molar-refractivity contribution in [1.82, 2.24) is 0 Å². The lowest BCUT2D eigenvalue weighted by Crippen LogP contribution is -2.27. The average Bonchev–Trinajstić information content (AvgIpc) is 3.24. The minimum atomic E-state index is -0.720. The van der Waals surface area contributed by atoms with Crippen molar-refractivity contribution in [3.8, 4) is 11.5 Å². The Hall–Kier alpha value is -4.33. The van der Waals surface area contributed by atoms with Crippen molar-refractivity contribution in [2.45, 2.75) is 31.7 Å². The predicted molar refractivity (Wildman–Crippen MR) is 131 cm³/mol. The molecule has 2 N–H and O–H groups in total. The van der Waals surface area contributed by atoms with E-state index in [0.29, 0.717) is 35.5 Å². The third-order valence-electron chi connectivity index (χ3n) is 6.89. The number of ketones is 1. The van der Waals surface area contributed by atoms with Crippen LogP contribution in [0, 0.1) is 17.0 Å². The maximum atomic E-state index is 13.7. The molecule has 8 nitrogen and oxygen atoms in total. The largest absolute Gasteiger partial charge is 0.454 e. The van der Waals surface area contributed by atoms with Crippen molar-refractivity contribution in [1.29, 1.82) is 0 Å². The fourth-order valence-corrected chi connectivity index (χ4v) is 5.14. The van der Waals surface area contributed by atoms with Crippen molar-refractivity contribution >= 4 is 22.8 Å². The van der Waals surface area contributed by atoms with Crippen LogP contribution in [0.3, 0.4) is 0 Å². The highest BCUT2D eigenvalue weighted by atomic mass is 16.7. The summed E-state index contributed by atoms with van der Waals surface area (Å²) in [4.78, 5) is 25.3. The fourth-order valence-electron chi connectivity index (χ4n) is 5.14. The molecule has 0 aromatic heterocycles. The summed E-state index contributed by atoms with van der Waals surface area (Å²) in [6, 6.07) is 18.2. The van der Waals surface area contributed by atoms with E-state index in [2.05, 4.69) is 34.9 Å². The molecule has 6 rings (SSSR count). The van der Waals surface area contributed by atoms with Gasteiger partial charge in [-0.3, -0.25) is 14.9 Å². The van der Waals surface area contributed by atoms with Crippen LogP contribution in [0.5, 0.6) is 11.5 Å². The molecule has 3 aliphatic rings. The van der Waals surface area contributed by atoms with E-state index in [1.807, 2.05) is 31.2 Å². The number of nitro benzene ring substituents is 1. The number of rotatable bonds is 3. The Morgan fingerprint density at radius 1 is 0.971 bits per heavy atom. The van der Waals surface area contributed by atoms with Crippen LogP contribution >= 0.6 is 0 Å². The van der Waals surface area contributed by atoms with E-state index in [-0.39, 0.29) is 24.2 Å². The maximum Gasteiger partial charge on any atom is 0.279 e. The number of carbonyl (C=O) groups excluding carboxylic acids is 1. The van der Waals surface area contributed by atoms with Crippen molar-refractivity contribution in [2.24, 2.45) is 0 Å². The molecule has 1 aliphatic carbocycles. The van der Waals surface area contributed by atoms with E-state index in [9.17, 15) is 14.9 Å². The lowest BCUT2D eigenvalue weighted by Gasteiger charge is -2.30. The number of nitro groups is 1. The third kappa shape index (κ3) is 3.67. The van der Waals surface area contributed by atoms with Crippen molar-refractivity contribution in [3.05, 3.63) is 98.7 Å². The molecule has 3 aromatic rings. The molecule has 2 heterocycles. The summed E-state index contributed by atoms with van der Waals surface area (Å²) in [5.74, 6) is 0.741. The predicted octanol–water partition coefficient (Wildman–Crippen LogP) is 5.61. The maximum absolute atomic E-state index is 13.7. The summed E-state index contributed by atoms with van der Waals surface area (Å²) in [5, 5.41) is 19.0. The Balaban J connectivity index is 1.51. The number of nitrogens with zero attached hydrogens (tertiary/aromatic N) is 1. The number of aryl methyl sites for hydroxylation is 1. The molecule has 0 spiro atoms. The number of anilines is 2. The Morgan fingerprint density at radius 2 is 1.69 bits per heavy atom. The van der Waals surface area contributed by atoms with Gasteiger partial charge in [-0.25, -0.2) is 0 Å². The number of fused-ring (bicyclic) bond motifs is 2. The quantitative estimate of drug-likeness (QED) is 0.380. The van der Waals surface area contributed by atoms with Gasteiger partial charge < -0.3 is 20.1 Å². The molecule has 2 unspecified atom stereocenters. The summed E-state index contributed by atoms with van der Waals surface area (Å²) >= 11 is 0. The third-order valence-corrected chi connectivity index (χ3v) is 6.89. The second kappa shape index (κ2) is 8.16. The van der Waals surface area contributed by atoms with Gasteiger partial charge in [0.25, 0.3) is 5.69 Å². The molecule has 2 atom stereocenters. The Labute approximate surface area is 201 Å². The summed E-state index contributed by atoms with van der Waals surface area (Å²) < 4.78 is 10.9. The highest BCUT2D eigenvalue weighted by molar-refractivity contribution is 6.01. The number of benzene rings is 3. The van der Waals surface area contributed by atoms with E-state index in [0.717, 1.165) is 28.2 Å². The molecule has 0 fully saturated rings. The summed E-state index contributed by atoms with van der Waals surface area (Å²) in [6.07, 6.45) is 0.950.